The van der Waals surface area contributed by atoms with E-state index in [1.54, 1.807) is 0 Å². The zero-order valence-electron chi connectivity index (χ0n) is 8.83. The van der Waals surface area contributed by atoms with Crippen molar-refractivity contribution in [3.8, 4) is 5.75 Å². The highest BCUT2D eigenvalue weighted by Crippen LogP contribution is 2.21. The molecule has 0 aliphatic rings. The van der Waals surface area contributed by atoms with Crippen LogP contribution in [-0.2, 0) is 11.3 Å². The maximum atomic E-state index is 13.4. The minimum atomic E-state index is -1.94. The zero-order valence-corrected chi connectivity index (χ0v) is 8.83. The first kappa shape index (κ1) is 12.9. The average molecular weight is 232 g/mol. The SMILES string of the molecule is COCc1cc(B(O)O)c(OC)c(F)c1F. The molecule has 0 heterocycles. The summed E-state index contributed by atoms with van der Waals surface area (Å²) in [5, 5.41) is 18.0. The molecular weight excluding hydrogens is 221 g/mol. The fourth-order valence-corrected chi connectivity index (χ4v) is 1.34. The van der Waals surface area contributed by atoms with Crippen LogP contribution < -0.4 is 10.2 Å². The van der Waals surface area contributed by atoms with Gasteiger partial charge in [0.15, 0.2) is 11.6 Å². The van der Waals surface area contributed by atoms with Gasteiger partial charge in [0, 0.05) is 18.1 Å². The maximum absolute atomic E-state index is 13.4. The highest BCUT2D eigenvalue weighted by molar-refractivity contribution is 6.59. The van der Waals surface area contributed by atoms with Crippen LogP contribution in [0.15, 0.2) is 6.07 Å². The first-order chi connectivity index (χ1) is 7.52. The van der Waals surface area contributed by atoms with Crippen molar-refractivity contribution in [1.82, 2.24) is 0 Å². The zero-order chi connectivity index (χ0) is 12.3. The summed E-state index contributed by atoms with van der Waals surface area (Å²) in [4.78, 5) is 0. The van der Waals surface area contributed by atoms with Crippen molar-refractivity contribution in [2.75, 3.05) is 14.2 Å². The van der Waals surface area contributed by atoms with Gasteiger partial charge in [-0.25, -0.2) is 4.39 Å². The van der Waals surface area contributed by atoms with Crippen LogP contribution >= 0.6 is 0 Å². The molecule has 1 rings (SSSR count). The predicted molar refractivity (Wildman–Crippen MR) is 53.4 cm³/mol. The lowest BCUT2D eigenvalue weighted by molar-refractivity contribution is 0.180. The molecular formula is C9H11BF2O4. The highest BCUT2D eigenvalue weighted by Gasteiger charge is 2.25. The first-order valence-electron chi connectivity index (χ1n) is 4.42. The Balaban J connectivity index is 3.37. The topological polar surface area (TPSA) is 58.9 Å². The average Bonchev–Trinajstić information content (AvgIpc) is 2.24. The summed E-state index contributed by atoms with van der Waals surface area (Å²) < 4.78 is 36.0. The number of ether oxygens (including phenoxy) is 2. The monoisotopic (exact) mass is 232 g/mol. The molecule has 0 aliphatic carbocycles. The van der Waals surface area contributed by atoms with E-state index in [4.69, 9.17) is 10.0 Å². The second kappa shape index (κ2) is 5.24. The summed E-state index contributed by atoms with van der Waals surface area (Å²) in [6.45, 7) is -0.174. The Bertz CT molecular complexity index is 384. The predicted octanol–water partition coefficient (Wildman–Crippen LogP) is -0.200. The third kappa shape index (κ3) is 2.32. The maximum Gasteiger partial charge on any atom is 0.492 e. The van der Waals surface area contributed by atoms with Gasteiger partial charge in [-0.15, -0.1) is 0 Å². The molecule has 0 fully saturated rings. The second-order valence-electron chi connectivity index (χ2n) is 3.09. The number of methoxy groups -OCH3 is 2. The van der Waals surface area contributed by atoms with Crippen molar-refractivity contribution in [2.24, 2.45) is 0 Å². The molecule has 7 heteroatoms. The Morgan fingerprint density at radius 1 is 1.25 bits per heavy atom. The molecule has 0 aliphatic heterocycles. The third-order valence-electron chi connectivity index (χ3n) is 2.05. The van der Waals surface area contributed by atoms with E-state index in [0.717, 1.165) is 13.2 Å². The standard InChI is InChI=1S/C9H11BF2O4/c1-15-4-5-3-6(10(13)14)9(16-2)8(12)7(5)11/h3,13-14H,4H2,1-2H3. The summed E-state index contributed by atoms with van der Waals surface area (Å²) in [6.07, 6.45) is 0. The quantitative estimate of drug-likeness (QED) is 0.705. The molecule has 0 radical (unpaired) electrons. The summed E-state index contributed by atoms with van der Waals surface area (Å²) in [5.74, 6) is -2.91. The molecule has 16 heavy (non-hydrogen) atoms. The van der Waals surface area contributed by atoms with E-state index >= 15 is 0 Å². The van der Waals surface area contributed by atoms with Gasteiger partial charge < -0.3 is 19.5 Å². The Morgan fingerprint density at radius 2 is 1.88 bits per heavy atom. The summed E-state index contributed by atoms with van der Waals surface area (Å²) in [6, 6.07) is 1.09. The second-order valence-corrected chi connectivity index (χ2v) is 3.09. The number of halogens is 2. The molecule has 1 aromatic carbocycles. The van der Waals surface area contributed by atoms with Crippen molar-refractivity contribution in [1.29, 1.82) is 0 Å². The molecule has 0 atom stereocenters. The van der Waals surface area contributed by atoms with Crippen LogP contribution in [0.2, 0.25) is 0 Å². The van der Waals surface area contributed by atoms with E-state index in [1.165, 1.54) is 7.11 Å². The molecule has 4 nitrogen and oxygen atoms in total. The third-order valence-corrected chi connectivity index (χ3v) is 2.05. The van der Waals surface area contributed by atoms with Gasteiger partial charge >= 0.3 is 7.12 Å². The van der Waals surface area contributed by atoms with Crippen molar-refractivity contribution in [3.63, 3.8) is 0 Å². The van der Waals surface area contributed by atoms with E-state index in [2.05, 4.69) is 9.47 Å². The van der Waals surface area contributed by atoms with Gasteiger partial charge in [-0.1, -0.05) is 6.07 Å². The smallest absolute Gasteiger partial charge is 0.492 e. The first-order valence-corrected chi connectivity index (χ1v) is 4.42. The van der Waals surface area contributed by atoms with Crippen molar-refractivity contribution in [3.05, 3.63) is 23.3 Å². The molecule has 88 valence electrons. The van der Waals surface area contributed by atoms with Gasteiger partial charge in [0.1, 0.15) is 0 Å². The fourth-order valence-electron chi connectivity index (χ4n) is 1.34. The molecule has 0 aromatic heterocycles. The molecule has 2 N–H and O–H groups in total. The van der Waals surface area contributed by atoms with Crippen LogP contribution in [0.4, 0.5) is 8.78 Å². The van der Waals surface area contributed by atoms with E-state index in [-0.39, 0.29) is 17.6 Å². The number of hydrogen-bond donors (Lipinski definition) is 2. The van der Waals surface area contributed by atoms with Crippen LogP contribution in [0.1, 0.15) is 5.56 Å². The minimum Gasteiger partial charge on any atom is -0.494 e. The number of benzene rings is 1. The van der Waals surface area contributed by atoms with Crippen LogP contribution in [0.5, 0.6) is 5.75 Å². The van der Waals surface area contributed by atoms with E-state index in [9.17, 15) is 8.78 Å². The van der Waals surface area contributed by atoms with Gasteiger partial charge in [0.2, 0.25) is 5.82 Å². The summed E-state index contributed by atoms with van der Waals surface area (Å²) in [5.41, 5.74) is -0.350. The Morgan fingerprint density at radius 3 is 2.31 bits per heavy atom. The molecule has 1 aromatic rings. The minimum absolute atomic E-state index is 0.107. The lowest BCUT2D eigenvalue weighted by Gasteiger charge is -2.12. The van der Waals surface area contributed by atoms with Gasteiger partial charge in [-0.3, -0.25) is 0 Å². The van der Waals surface area contributed by atoms with E-state index < -0.39 is 24.5 Å². The highest BCUT2D eigenvalue weighted by atomic mass is 19.2. The van der Waals surface area contributed by atoms with Crippen molar-refractivity contribution < 1.29 is 28.3 Å². The summed E-state index contributed by atoms with van der Waals surface area (Å²) in [7, 11) is 0.483. The normalized spacial score (nSPS) is 10.4. The van der Waals surface area contributed by atoms with Crippen molar-refractivity contribution in [2.45, 2.75) is 6.61 Å². The van der Waals surface area contributed by atoms with Gasteiger partial charge in [-0.05, 0) is 0 Å². The lowest BCUT2D eigenvalue weighted by Crippen LogP contribution is -2.33. The fraction of sp³-hybridized carbons (Fsp3) is 0.333. The molecule has 0 amide bonds. The number of rotatable bonds is 4. The Kier molecular flexibility index (Phi) is 4.22. The van der Waals surface area contributed by atoms with Crippen LogP contribution in [0, 0.1) is 11.6 Å². The molecule has 0 unspecified atom stereocenters. The van der Waals surface area contributed by atoms with Crippen LogP contribution in [-0.4, -0.2) is 31.4 Å². The molecule has 0 spiro atoms. The molecule has 0 saturated carbocycles. The molecule has 0 bridgehead atoms. The van der Waals surface area contributed by atoms with Gasteiger partial charge in [0.25, 0.3) is 0 Å². The number of hydrogen-bond acceptors (Lipinski definition) is 4. The Labute approximate surface area is 91.6 Å². The Hall–Kier alpha value is -1.18. The van der Waals surface area contributed by atoms with E-state index in [1.807, 2.05) is 0 Å². The summed E-state index contributed by atoms with van der Waals surface area (Å²) >= 11 is 0. The largest absolute Gasteiger partial charge is 0.494 e. The lowest BCUT2D eigenvalue weighted by atomic mass is 9.78. The van der Waals surface area contributed by atoms with Gasteiger partial charge in [-0.2, -0.15) is 4.39 Å². The van der Waals surface area contributed by atoms with Gasteiger partial charge in [0.05, 0.1) is 13.7 Å². The van der Waals surface area contributed by atoms with Crippen LogP contribution in [0.3, 0.4) is 0 Å². The van der Waals surface area contributed by atoms with Crippen molar-refractivity contribution >= 4 is 12.6 Å². The van der Waals surface area contributed by atoms with Crippen LogP contribution in [0.25, 0.3) is 0 Å². The van der Waals surface area contributed by atoms with E-state index in [0.29, 0.717) is 0 Å². The molecule has 0 saturated heterocycles.